The van der Waals surface area contributed by atoms with Crippen molar-refractivity contribution in [3.8, 4) is 5.88 Å². The highest BCUT2D eigenvalue weighted by Gasteiger charge is 2.47. The molecule has 29 heavy (non-hydrogen) atoms. The van der Waals surface area contributed by atoms with Gasteiger partial charge in [0.05, 0.1) is 36.0 Å². The Morgan fingerprint density at radius 3 is 2.72 bits per heavy atom. The molecule has 2 aromatic heterocycles. The van der Waals surface area contributed by atoms with Crippen LogP contribution in [-0.2, 0) is 11.2 Å². The number of aliphatic hydroxyl groups is 1. The summed E-state index contributed by atoms with van der Waals surface area (Å²) in [7, 11) is 0. The van der Waals surface area contributed by atoms with Gasteiger partial charge in [-0.1, -0.05) is 0 Å². The second-order valence-electron chi connectivity index (χ2n) is 8.57. The van der Waals surface area contributed by atoms with Crippen LogP contribution in [0.1, 0.15) is 56.9 Å². The van der Waals surface area contributed by atoms with Crippen molar-refractivity contribution < 1.29 is 19.0 Å². The molecule has 5 rings (SSSR count). The van der Waals surface area contributed by atoms with E-state index < -0.39 is 0 Å². The van der Waals surface area contributed by atoms with E-state index in [2.05, 4.69) is 9.97 Å². The third-order valence-corrected chi connectivity index (χ3v) is 6.45. The average molecular weight is 403 g/mol. The number of fused-ring (bicyclic) bond motifs is 4. The van der Waals surface area contributed by atoms with Crippen LogP contribution in [0.2, 0.25) is 0 Å². The number of pyridine rings is 2. The number of hydrogen-bond donors (Lipinski definition) is 2. The van der Waals surface area contributed by atoms with Crippen LogP contribution >= 0.6 is 0 Å². The van der Waals surface area contributed by atoms with Gasteiger partial charge in [-0.25, -0.2) is 9.37 Å². The van der Waals surface area contributed by atoms with Crippen molar-refractivity contribution in [3.05, 3.63) is 29.7 Å². The van der Waals surface area contributed by atoms with E-state index >= 15 is 0 Å². The maximum atomic E-state index is 14.7. The zero-order valence-electron chi connectivity index (χ0n) is 16.8. The van der Waals surface area contributed by atoms with Crippen LogP contribution < -0.4 is 10.5 Å². The standard InChI is InChI=1S/C22H30FN3O3/c23-17-14-25-18-4-5-19(28-13-3-1-2-12-27)26-20(18)16(17)6-7-22-10-8-21(24,9-11-22)15-29-22/h4-5,14,27H,1-3,6-13,15,24H2. The molecule has 3 fully saturated rings. The average Bonchev–Trinajstić information content (AvgIpc) is 2.74. The van der Waals surface area contributed by atoms with Crippen molar-refractivity contribution in [2.45, 2.75) is 68.9 Å². The summed E-state index contributed by atoms with van der Waals surface area (Å²) in [5.41, 5.74) is 7.77. The first kappa shape index (κ1) is 20.4. The lowest BCUT2D eigenvalue weighted by Crippen LogP contribution is -2.59. The molecule has 2 saturated heterocycles. The highest BCUT2D eigenvalue weighted by atomic mass is 19.1. The van der Waals surface area contributed by atoms with Gasteiger partial charge in [-0.2, -0.15) is 0 Å². The number of halogens is 1. The van der Waals surface area contributed by atoms with Crippen molar-refractivity contribution in [2.75, 3.05) is 19.8 Å². The first-order valence-electron chi connectivity index (χ1n) is 10.6. The number of rotatable bonds is 9. The molecule has 0 unspecified atom stereocenters. The Morgan fingerprint density at radius 1 is 1.17 bits per heavy atom. The van der Waals surface area contributed by atoms with Gasteiger partial charge in [-0.3, -0.25) is 4.98 Å². The highest BCUT2D eigenvalue weighted by Crippen LogP contribution is 2.45. The SMILES string of the molecule is NC12CCC(CCc3c(F)cnc4ccc(OCCCCCO)nc34)(CC1)OC2. The zero-order valence-corrected chi connectivity index (χ0v) is 16.8. The minimum absolute atomic E-state index is 0.165. The topological polar surface area (TPSA) is 90.5 Å². The van der Waals surface area contributed by atoms with Gasteiger partial charge in [0.15, 0.2) is 0 Å². The van der Waals surface area contributed by atoms with Crippen LogP contribution in [0.3, 0.4) is 0 Å². The number of nitrogens with zero attached hydrogens (tertiary/aromatic N) is 2. The lowest BCUT2D eigenvalue weighted by atomic mass is 9.70. The van der Waals surface area contributed by atoms with Crippen molar-refractivity contribution in [1.82, 2.24) is 9.97 Å². The molecule has 2 aliphatic heterocycles. The minimum atomic E-state index is -0.332. The van der Waals surface area contributed by atoms with Gasteiger partial charge in [0.25, 0.3) is 0 Å². The second-order valence-corrected chi connectivity index (χ2v) is 8.57. The molecule has 0 amide bonds. The Morgan fingerprint density at radius 2 is 2.00 bits per heavy atom. The Balaban J connectivity index is 1.47. The van der Waals surface area contributed by atoms with E-state index in [4.69, 9.17) is 20.3 Å². The van der Waals surface area contributed by atoms with Crippen molar-refractivity contribution in [3.63, 3.8) is 0 Å². The van der Waals surface area contributed by atoms with Gasteiger partial charge in [0, 0.05) is 23.8 Å². The largest absolute Gasteiger partial charge is 0.478 e. The summed E-state index contributed by atoms with van der Waals surface area (Å²) in [4.78, 5) is 8.74. The Hall–Kier alpha value is -1.83. The number of hydrogen-bond acceptors (Lipinski definition) is 6. The van der Waals surface area contributed by atoms with Crippen LogP contribution in [0, 0.1) is 5.82 Å². The summed E-state index contributed by atoms with van der Waals surface area (Å²) < 4.78 is 26.5. The summed E-state index contributed by atoms with van der Waals surface area (Å²) in [6.45, 7) is 1.31. The predicted molar refractivity (Wildman–Crippen MR) is 108 cm³/mol. The van der Waals surface area contributed by atoms with Gasteiger partial charge in [0.1, 0.15) is 5.82 Å². The van der Waals surface area contributed by atoms with Crippen LogP contribution in [0.5, 0.6) is 5.88 Å². The number of unbranched alkanes of at least 4 members (excludes halogenated alkanes) is 2. The van der Waals surface area contributed by atoms with E-state index in [-0.39, 0.29) is 23.6 Å². The van der Waals surface area contributed by atoms with E-state index in [1.165, 1.54) is 6.20 Å². The number of aliphatic hydroxyl groups excluding tert-OH is 1. The molecular formula is C22H30FN3O3. The minimum Gasteiger partial charge on any atom is -0.478 e. The summed E-state index contributed by atoms with van der Waals surface area (Å²) >= 11 is 0. The molecule has 3 N–H and O–H groups in total. The first-order chi connectivity index (χ1) is 14.0. The van der Waals surface area contributed by atoms with E-state index in [9.17, 15) is 4.39 Å². The van der Waals surface area contributed by atoms with Crippen molar-refractivity contribution in [2.24, 2.45) is 5.73 Å². The first-order valence-corrected chi connectivity index (χ1v) is 10.6. The second kappa shape index (κ2) is 8.50. The summed E-state index contributed by atoms with van der Waals surface area (Å²) in [5.74, 6) is 0.147. The molecule has 3 aliphatic rings. The Kier molecular flexibility index (Phi) is 5.99. The van der Waals surface area contributed by atoms with Crippen LogP contribution in [-0.4, -0.2) is 46.0 Å². The number of aromatic nitrogens is 2. The number of nitrogens with two attached hydrogens (primary N) is 1. The van der Waals surface area contributed by atoms with E-state index in [0.717, 1.165) is 51.4 Å². The van der Waals surface area contributed by atoms with Gasteiger partial charge < -0.3 is 20.3 Å². The Labute approximate surface area is 170 Å². The molecule has 1 saturated carbocycles. The monoisotopic (exact) mass is 403 g/mol. The van der Waals surface area contributed by atoms with E-state index in [1.807, 2.05) is 6.07 Å². The zero-order chi connectivity index (χ0) is 20.3. The van der Waals surface area contributed by atoms with E-state index in [1.54, 1.807) is 6.07 Å². The molecule has 4 heterocycles. The van der Waals surface area contributed by atoms with Crippen molar-refractivity contribution >= 4 is 11.0 Å². The smallest absolute Gasteiger partial charge is 0.213 e. The lowest BCUT2D eigenvalue weighted by molar-refractivity contribution is -0.156. The molecule has 7 heteroatoms. The fourth-order valence-corrected chi connectivity index (χ4v) is 4.43. The molecule has 0 radical (unpaired) electrons. The fourth-order valence-electron chi connectivity index (χ4n) is 4.43. The molecule has 2 bridgehead atoms. The molecule has 158 valence electrons. The van der Waals surface area contributed by atoms with Crippen molar-refractivity contribution in [1.29, 1.82) is 0 Å². The Bertz CT molecular complexity index is 836. The maximum Gasteiger partial charge on any atom is 0.213 e. The normalized spacial score (nSPS) is 26.2. The molecular weight excluding hydrogens is 373 g/mol. The van der Waals surface area contributed by atoms with Gasteiger partial charge in [-0.05, 0) is 63.9 Å². The molecule has 2 aromatic rings. The van der Waals surface area contributed by atoms with Crippen LogP contribution in [0.25, 0.3) is 11.0 Å². The number of aryl methyl sites for hydroxylation is 1. The molecule has 1 aliphatic carbocycles. The van der Waals surface area contributed by atoms with Gasteiger partial charge in [0.2, 0.25) is 5.88 Å². The summed E-state index contributed by atoms with van der Waals surface area (Å²) in [5, 5.41) is 8.84. The fraction of sp³-hybridized carbons (Fsp3) is 0.636. The molecule has 6 nitrogen and oxygen atoms in total. The highest BCUT2D eigenvalue weighted by molar-refractivity contribution is 5.78. The molecule has 0 aromatic carbocycles. The lowest BCUT2D eigenvalue weighted by Gasteiger charge is -2.51. The third kappa shape index (κ3) is 4.52. The maximum absolute atomic E-state index is 14.7. The molecule has 0 spiro atoms. The van der Waals surface area contributed by atoms with Gasteiger partial charge in [-0.15, -0.1) is 0 Å². The van der Waals surface area contributed by atoms with Gasteiger partial charge >= 0.3 is 0 Å². The van der Waals surface area contributed by atoms with Crippen LogP contribution in [0.4, 0.5) is 4.39 Å². The quantitative estimate of drug-likeness (QED) is 0.625. The molecule has 0 atom stereocenters. The van der Waals surface area contributed by atoms with Crippen LogP contribution in [0.15, 0.2) is 18.3 Å². The van der Waals surface area contributed by atoms with E-state index in [0.29, 0.717) is 42.1 Å². The predicted octanol–water partition coefficient (Wildman–Crippen LogP) is 3.28. The summed E-state index contributed by atoms with van der Waals surface area (Å²) in [6, 6.07) is 3.60. The number of ether oxygens (including phenoxy) is 2. The third-order valence-electron chi connectivity index (χ3n) is 6.45. The summed E-state index contributed by atoms with van der Waals surface area (Å²) in [6.07, 6.45) is 8.91.